The number of carbonyl (C=O) groups excluding carboxylic acids is 1. The summed E-state index contributed by atoms with van der Waals surface area (Å²) in [5, 5.41) is 0.0489. The second-order valence-electron chi connectivity index (χ2n) is 4.87. The van der Waals surface area contributed by atoms with Crippen LogP contribution in [0.4, 0.5) is 0 Å². The fourth-order valence-corrected chi connectivity index (χ4v) is 5.03. The number of thiophene rings is 1. The van der Waals surface area contributed by atoms with Crippen molar-refractivity contribution in [3.63, 3.8) is 0 Å². The molecule has 2 nitrogen and oxygen atoms in total. The Kier molecular flexibility index (Phi) is 4.50. The van der Waals surface area contributed by atoms with Crippen molar-refractivity contribution in [2.24, 2.45) is 0 Å². The van der Waals surface area contributed by atoms with E-state index in [0.29, 0.717) is 14.2 Å². The topological polar surface area (TPSA) is 20.3 Å². The highest BCUT2D eigenvalue weighted by atomic mass is 35.5. The van der Waals surface area contributed by atoms with Crippen LogP contribution in [-0.4, -0.2) is 23.1 Å². The Bertz CT molecular complexity index is 669. The van der Waals surface area contributed by atoms with Gasteiger partial charge in [-0.3, -0.25) is 4.79 Å². The second kappa shape index (κ2) is 6.21. The lowest BCUT2D eigenvalue weighted by Gasteiger charge is -2.24. The molecule has 0 saturated carbocycles. The molecule has 21 heavy (non-hydrogen) atoms. The molecule has 1 saturated heterocycles. The molecule has 0 aliphatic carbocycles. The van der Waals surface area contributed by atoms with Gasteiger partial charge in [-0.2, -0.15) is 0 Å². The number of rotatable bonds is 2. The molecule has 0 N–H and O–H groups in total. The minimum absolute atomic E-state index is 0.0428. The Morgan fingerprint density at radius 1 is 1.29 bits per heavy atom. The minimum Gasteiger partial charge on any atom is -0.322 e. The molecule has 0 spiro atoms. The molecule has 1 aromatic carbocycles. The van der Waals surface area contributed by atoms with Crippen molar-refractivity contribution < 1.29 is 4.79 Å². The Morgan fingerprint density at radius 2 is 2.00 bits per heavy atom. The van der Waals surface area contributed by atoms with Crippen LogP contribution in [0.3, 0.4) is 0 Å². The predicted octanol–water partition coefficient (Wildman–Crippen LogP) is 5.25. The molecule has 0 radical (unpaired) electrons. The predicted molar refractivity (Wildman–Crippen MR) is 91.8 cm³/mol. The van der Waals surface area contributed by atoms with Crippen molar-refractivity contribution in [2.75, 3.05) is 12.3 Å². The second-order valence-corrected chi connectivity index (χ2v) is 8.34. The standard InChI is InChI=1S/C15H13Cl2NOS2/c1-9-2-4-10(5-3-9)15-18(6-7-20-15)14(19)11-8-12(16)21-13(11)17/h2-5,8,15H,6-7H2,1H3. The van der Waals surface area contributed by atoms with Gasteiger partial charge in [0.15, 0.2) is 0 Å². The minimum atomic E-state index is -0.0428. The zero-order valence-electron chi connectivity index (χ0n) is 11.3. The number of halogens is 2. The first kappa shape index (κ1) is 15.2. The first-order chi connectivity index (χ1) is 10.1. The Morgan fingerprint density at radius 3 is 2.62 bits per heavy atom. The third-order valence-electron chi connectivity index (χ3n) is 3.40. The number of carbonyl (C=O) groups is 1. The molecule has 1 aromatic heterocycles. The van der Waals surface area contributed by atoms with E-state index in [1.54, 1.807) is 17.8 Å². The normalized spacial score (nSPS) is 18.2. The lowest BCUT2D eigenvalue weighted by atomic mass is 10.1. The Balaban J connectivity index is 1.88. The Labute approximate surface area is 142 Å². The molecule has 2 heterocycles. The van der Waals surface area contributed by atoms with E-state index in [2.05, 4.69) is 31.2 Å². The van der Waals surface area contributed by atoms with Crippen LogP contribution in [0.5, 0.6) is 0 Å². The molecule has 1 fully saturated rings. The van der Waals surface area contributed by atoms with Gasteiger partial charge in [0.1, 0.15) is 9.71 Å². The first-order valence-electron chi connectivity index (χ1n) is 6.50. The van der Waals surface area contributed by atoms with E-state index in [1.807, 2.05) is 4.90 Å². The third kappa shape index (κ3) is 3.09. The van der Waals surface area contributed by atoms with Crippen molar-refractivity contribution >= 4 is 52.2 Å². The van der Waals surface area contributed by atoms with Gasteiger partial charge in [0.05, 0.1) is 9.90 Å². The van der Waals surface area contributed by atoms with E-state index in [1.165, 1.54) is 16.9 Å². The van der Waals surface area contributed by atoms with Gasteiger partial charge in [-0.25, -0.2) is 0 Å². The van der Waals surface area contributed by atoms with E-state index < -0.39 is 0 Å². The quantitative estimate of drug-likeness (QED) is 0.731. The summed E-state index contributed by atoms with van der Waals surface area (Å²) in [6.45, 7) is 2.79. The van der Waals surface area contributed by atoms with Gasteiger partial charge in [0.2, 0.25) is 0 Å². The number of benzene rings is 1. The molecule has 1 unspecified atom stereocenters. The number of hydrogen-bond donors (Lipinski definition) is 0. The largest absolute Gasteiger partial charge is 0.322 e. The molecule has 1 aliphatic rings. The van der Waals surface area contributed by atoms with Crippen molar-refractivity contribution in [1.82, 2.24) is 4.90 Å². The maximum atomic E-state index is 12.7. The molecule has 1 atom stereocenters. The van der Waals surface area contributed by atoms with Gasteiger partial charge in [0, 0.05) is 12.3 Å². The fourth-order valence-electron chi connectivity index (χ4n) is 2.33. The number of hydrogen-bond acceptors (Lipinski definition) is 3. The molecule has 1 amide bonds. The summed E-state index contributed by atoms with van der Waals surface area (Å²) in [5.74, 6) is 0.887. The maximum Gasteiger partial charge on any atom is 0.257 e. The zero-order valence-corrected chi connectivity index (χ0v) is 14.5. The van der Waals surface area contributed by atoms with Crippen LogP contribution < -0.4 is 0 Å². The third-order valence-corrected chi connectivity index (χ3v) is 6.15. The van der Waals surface area contributed by atoms with Crippen molar-refractivity contribution in [1.29, 1.82) is 0 Å². The summed E-state index contributed by atoms with van der Waals surface area (Å²) in [7, 11) is 0. The summed E-state index contributed by atoms with van der Waals surface area (Å²) in [6, 6.07) is 9.98. The van der Waals surface area contributed by atoms with Crippen LogP contribution >= 0.6 is 46.3 Å². The van der Waals surface area contributed by atoms with Gasteiger partial charge < -0.3 is 4.90 Å². The molecule has 3 rings (SSSR count). The number of nitrogens with zero attached hydrogens (tertiary/aromatic N) is 1. The van der Waals surface area contributed by atoms with E-state index in [4.69, 9.17) is 23.2 Å². The zero-order chi connectivity index (χ0) is 15.0. The van der Waals surface area contributed by atoms with Gasteiger partial charge >= 0.3 is 0 Å². The van der Waals surface area contributed by atoms with Crippen LogP contribution in [-0.2, 0) is 0 Å². The summed E-state index contributed by atoms with van der Waals surface area (Å²) in [6.07, 6.45) is 0. The van der Waals surface area contributed by atoms with Gasteiger partial charge in [-0.15, -0.1) is 23.1 Å². The van der Waals surface area contributed by atoms with Gasteiger partial charge in [-0.1, -0.05) is 53.0 Å². The van der Waals surface area contributed by atoms with E-state index >= 15 is 0 Å². The summed E-state index contributed by atoms with van der Waals surface area (Å²) >= 11 is 15.1. The molecule has 110 valence electrons. The summed E-state index contributed by atoms with van der Waals surface area (Å²) < 4.78 is 1.01. The van der Waals surface area contributed by atoms with E-state index in [9.17, 15) is 4.79 Å². The molecular weight excluding hydrogens is 345 g/mol. The fraction of sp³-hybridized carbons (Fsp3) is 0.267. The van der Waals surface area contributed by atoms with Crippen LogP contribution in [0.2, 0.25) is 8.67 Å². The molecule has 1 aliphatic heterocycles. The number of aryl methyl sites for hydroxylation is 1. The molecule has 2 aromatic rings. The summed E-state index contributed by atoms with van der Waals surface area (Å²) in [5.41, 5.74) is 2.87. The molecular formula is C15H13Cl2NOS2. The average molecular weight is 358 g/mol. The van der Waals surface area contributed by atoms with E-state index in [0.717, 1.165) is 17.9 Å². The smallest absolute Gasteiger partial charge is 0.257 e. The lowest BCUT2D eigenvalue weighted by molar-refractivity contribution is 0.0761. The van der Waals surface area contributed by atoms with Crippen molar-refractivity contribution in [3.8, 4) is 0 Å². The monoisotopic (exact) mass is 357 g/mol. The molecule has 6 heteroatoms. The maximum absolute atomic E-state index is 12.7. The number of amides is 1. The highest BCUT2D eigenvalue weighted by Crippen LogP contribution is 2.40. The van der Waals surface area contributed by atoms with Crippen molar-refractivity contribution in [2.45, 2.75) is 12.3 Å². The first-order valence-corrected chi connectivity index (χ1v) is 9.12. The highest BCUT2D eigenvalue weighted by molar-refractivity contribution is 7.99. The van der Waals surface area contributed by atoms with Crippen LogP contribution in [0.1, 0.15) is 26.9 Å². The van der Waals surface area contributed by atoms with Gasteiger partial charge in [-0.05, 0) is 18.6 Å². The van der Waals surface area contributed by atoms with Crippen LogP contribution in [0.25, 0.3) is 0 Å². The number of thioether (sulfide) groups is 1. The van der Waals surface area contributed by atoms with Gasteiger partial charge in [0.25, 0.3) is 5.91 Å². The highest BCUT2D eigenvalue weighted by Gasteiger charge is 2.32. The molecule has 0 bridgehead atoms. The average Bonchev–Trinajstić information content (AvgIpc) is 3.05. The van der Waals surface area contributed by atoms with E-state index in [-0.39, 0.29) is 11.3 Å². The van der Waals surface area contributed by atoms with Crippen molar-refractivity contribution in [3.05, 3.63) is 55.7 Å². The SMILES string of the molecule is Cc1ccc(C2SCCN2C(=O)c2cc(Cl)sc2Cl)cc1. The Hall–Kier alpha value is -0.680. The summed E-state index contributed by atoms with van der Waals surface area (Å²) in [4.78, 5) is 14.6. The van der Waals surface area contributed by atoms with Crippen LogP contribution in [0, 0.1) is 6.92 Å². The van der Waals surface area contributed by atoms with Crippen LogP contribution in [0.15, 0.2) is 30.3 Å². The lowest BCUT2D eigenvalue weighted by Crippen LogP contribution is -2.30.